The molecule has 2 aliphatic rings. The van der Waals surface area contributed by atoms with E-state index in [1.165, 1.54) is 32.1 Å². The van der Waals surface area contributed by atoms with Crippen LogP contribution in [0.3, 0.4) is 0 Å². The van der Waals surface area contributed by atoms with Crippen LogP contribution in [0.25, 0.3) is 11.1 Å². The number of carbonyl (C=O) groups excluding carboxylic acids is 1. The molecule has 2 heterocycles. The number of primary amides is 1. The number of hydrogen-bond donors (Lipinski definition) is 1. The van der Waals surface area contributed by atoms with Crippen LogP contribution in [0.2, 0.25) is 0 Å². The van der Waals surface area contributed by atoms with Gasteiger partial charge in [0.25, 0.3) is 0 Å². The van der Waals surface area contributed by atoms with Gasteiger partial charge >= 0.3 is 0 Å². The molecule has 0 bridgehead atoms. The van der Waals surface area contributed by atoms with E-state index in [2.05, 4.69) is 9.88 Å². The molecule has 160 valence electrons. The van der Waals surface area contributed by atoms with Gasteiger partial charge in [0.1, 0.15) is 6.10 Å². The van der Waals surface area contributed by atoms with Gasteiger partial charge in [0, 0.05) is 50.6 Å². The Balaban J connectivity index is 1.69. The van der Waals surface area contributed by atoms with Crippen molar-refractivity contribution in [1.29, 1.82) is 0 Å². The zero-order valence-electron chi connectivity index (χ0n) is 17.9. The summed E-state index contributed by atoms with van der Waals surface area (Å²) in [7, 11) is 3.87. The zero-order chi connectivity index (χ0) is 21.1. The van der Waals surface area contributed by atoms with Crippen LogP contribution in [0.1, 0.15) is 54.3 Å². The van der Waals surface area contributed by atoms with Crippen LogP contribution in [0.5, 0.6) is 0 Å². The van der Waals surface area contributed by atoms with E-state index in [1.54, 1.807) is 6.07 Å². The summed E-state index contributed by atoms with van der Waals surface area (Å²) in [5.41, 5.74) is 8.61. The van der Waals surface area contributed by atoms with Crippen molar-refractivity contribution in [2.75, 3.05) is 38.7 Å². The highest BCUT2D eigenvalue weighted by molar-refractivity contribution is 5.94. The summed E-state index contributed by atoms with van der Waals surface area (Å²) in [6, 6.07) is 7.98. The molecule has 2 fully saturated rings. The summed E-state index contributed by atoms with van der Waals surface area (Å²) >= 11 is 0. The van der Waals surface area contributed by atoms with Crippen LogP contribution in [0.15, 0.2) is 30.5 Å². The molecule has 0 unspecified atom stereocenters. The predicted molar refractivity (Wildman–Crippen MR) is 117 cm³/mol. The summed E-state index contributed by atoms with van der Waals surface area (Å²) in [6.07, 6.45) is 8.23. The van der Waals surface area contributed by atoms with Crippen molar-refractivity contribution in [1.82, 2.24) is 14.9 Å². The first-order chi connectivity index (χ1) is 14.5. The number of ether oxygens (including phenoxy) is 1. The molecule has 1 saturated heterocycles. The van der Waals surface area contributed by atoms with Gasteiger partial charge in [-0.2, -0.15) is 0 Å². The Morgan fingerprint density at radius 3 is 2.77 bits per heavy atom. The normalized spacial score (nSPS) is 20.8. The van der Waals surface area contributed by atoms with Crippen molar-refractivity contribution < 1.29 is 9.53 Å². The third-order valence-corrected chi connectivity index (χ3v) is 6.16. The summed E-state index contributed by atoms with van der Waals surface area (Å²) in [4.78, 5) is 25.6. The fraction of sp³-hybridized carbons (Fsp3) is 0.522. The average molecular weight is 410 g/mol. The van der Waals surface area contributed by atoms with Gasteiger partial charge in [0.05, 0.1) is 12.3 Å². The highest BCUT2D eigenvalue weighted by Gasteiger charge is 2.31. The Kier molecular flexibility index (Phi) is 6.29. The Morgan fingerprint density at radius 2 is 2.03 bits per heavy atom. The van der Waals surface area contributed by atoms with Crippen LogP contribution >= 0.6 is 0 Å². The van der Waals surface area contributed by atoms with E-state index < -0.39 is 5.91 Å². The summed E-state index contributed by atoms with van der Waals surface area (Å²) < 4.78 is 6.22. The Labute approximate surface area is 178 Å². The van der Waals surface area contributed by atoms with Gasteiger partial charge in [-0.15, -0.1) is 0 Å². The van der Waals surface area contributed by atoms with E-state index in [0.717, 1.165) is 29.9 Å². The predicted octanol–water partition coefficient (Wildman–Crippen LogP) is 3.01. The average Bonchev–Trinajstić information content (AvgIpc) is 2.79. The maximum Gasteiger partial charge on any atom is 0.248 e. The highest BCUT2D eigenvalue weighted by Crippen LogP contribution is 2.34. The minimum atomic E-state index is -0.443. The Hall–Kier alpha value is -2.51. The van der Waals surface area contributed by atoms with Gasteiger partial charge in [0.15, 0.2) is 0 Å². The number of carbonyl (C=O) groups is 1. The van der Waals surface area contributed by atoms with E-state index in [4.69, 9.17) is 15.5 Å². The maximum absolute atomic E-state index is 11.7. The Bertz CT molecular complexity index is 895. The number of benzene rings is 1. The summed E-state index contributed by atoms with van der Waals surface area (Å²) in [6.45, 7) is 2.50. The molecular formula is C23H31N5O2. The van der Waals surface area contributed by atoms with Gasteiger partial charge in [0.2, 0.25) is 11.9 Å². The summed E-state index contributed by atoms with van der Waals surface area (Å²) in [5, 5.41) is 0. The minimum Gasteiger partial charge on any atom is -0.369 e. The van der Waals surface area contributed by atoms with Crippen LogP contribution < -0.4 is 10.6 Å². The lowest BCUT2D eigenvalue weighted by molar-refractivity contribution is -0.0513. The number of nitrogens with zero attached hydrogens (tertiary/aromatic N) is 4. The molecule has 1 aliphatic heterocycles. The first kappa shape index (κ1) is 20.8. The Morgan fingerprint density at radius 1 is 1.23 bits per heavy atom. The van der Waals surface area contributed by atoms with Crippen molar-refractivity contribution in [3.05, 3.63) is 41.7 Å². The number of rotatable bonds is 5. The molecular weight excluding hydrogens is 378 g/mol. The molecule has 7 nitrogen and oxygen atoms in total. The van der Waals surface area contributed by atoms with Crippen molar-refractivity contribution >= 4 is 11.9 Å². The largest absolute Gasteiger partial charge is 0.369 e. The van der Waals surface area contributed by atoms with E-state index in [-0.39, 0.29) is 6.10 Å². The fourth-order valence-corrected chi connectivity index (χ4v) is 4.52. The molecule has 1 aromatic heterocycles. The topological polar surface area (TPSA) is 84.6 Å². The molecule has 2 N–H and O–H groups in total. The molecule has 1 aromatic carbocycles. The quantitative estimate of drug-likeness (QED) is 0.817. The highest BCUT2D eigenvalue weighted by atomic mass is 16.5. The third kappa shape index (κ3) is 4.47. The molecule has 30 heavy (non-hydrogen) atoms. The molecule has 0 spiro atoms. The monoisotopic (exact) mass is 409 g/mol. The molecule has 1 saturated carbocycles. The van der Waals surface area contributed by atoms with Crippen LogP contribution in [0, 0.1) is 0 Å². The molecule has 1 aliphatic carbocycles. The van der Waals surface area contributed by atoms with Crippen LogP contribution in [0.4, 0.5) is 5.95 Å². The number of anilines is 1. The van der Waals surface area contributed by atoms with Crippen molar-refractivity contribution in [3.8, 4) is 11.1 Å². The van der Waals surface area contributed by atoms with E-state index in [1.807, 2.05) is 43.4 Å². The lowest BCUT2D eigenvalue weighted by Crippen LogP contribution is -2.45. The SMILES string of the molecule is CN(C)c1ncc(-c2cccc(C(N)=O)c2)c([C@@H]2CN(C3CCCCC3)CCO2)n1. The third-order valence-electron chi connectivity index (χ3n) is 6.16. The smallest absolute Gasteiger partial charge is 0.248 e. The second-order valence-electron chi connectivity index (χ2n) is 8.45. The lowest BCUT2D eigenvalue weighted by atomic mass is 9.93. The van der Waals surface area contributed by atoms with Gasteiger partial charge in [-0.3, -0.25) is 9.69 Å². The van der Waals surface area contributed by atoms with Crippen LogP contribution in [-0.2, 0) is 4.74 Å². The van der Waals surface area contributed by atoms with Gasteiger partial charge in [-0.1, -0.05) is 31.4 Å². The number of hydrogen-bond acceptors (Lipinski definition) is 6. The van der Waals surface area contributed by atoms with Crippen molar-refractivity contribution in [2.24, 2.45) is 5.73 Å². The van der Waals surface area contributed by atoms with Gasteiger partial charge in [-0.25, -0.2) is 9.97 Å². The summed E-state index contributed by atoms with van der Waals surface area (Å²) in [5.74, 6) is 0.208. The van der Waals surface area contributed by atoms with Crippen LogP contribution in [-0.4, -0.2) is 60.6 Å². The van der Waals surface area contributed by atoms with Gasteiger partial charge in [-0.05, 0) is 30.5 Å². The fourth-order valence-electron chi connectivity index (χ4n) is 4.52. The molecule has 4 rings (SSSR count). The lowest BCUT2D eigenvalue weighted by Gasteiger charge is -2.40. The second-order valence-corrected chi connectivity index (χ2v) is 8.45. The standard InChI is InChI=1S/C23H31N5O2/c1-27(2)23-25-14-19(16-7-6-8-17(13-16)22(24)29)21(26-23)20-15-28(11-12-30-20)18-9-4-3-5-10-18/h6-8,13-14,18,20H,3-5,9-12,15H2,1-2H3,(H2,24,29)/t20-/m0/s1. The van der Waals surface area contributed by atoms with E-state index >= 15 is 0 Å². The molecule has 0 radical (unpaired) electrons. The molecule has 2 aromatic rings. The minimum absolute atomic E-state index is 0.130. The van der Waals surface area contributed by atoms with Gasteiger partial charge < -0.3 is 15.4 Å². The number of nitrogens with two attached hydrogens (primary N) is 1. The number of aromatic nitrogens is 2. The zero-order valence-corrected chi connectivity index (χ0v) is 17.9. The molecule has 7 heteroatoms. The maximum atomic E-state index is 11.7. The van der Waals surface area contributed by atoms with Crippen molar-refractivity contribution in [2.45, 2.75) is 44.2 Å². The molecule has 1 amide bonds. The van der Waals surface area contributed by atoms with E-state index in [0.29, 0.717) is 24.2 Å². The first-order valence-electron chi connectivity index (χ1n) is 10.8. The van der Waals surface area contributed by atoms with Crippen molar-refractivity contribution in [3.63, 3.8) is 0 Å². The number of morpholine rings is 1. The second kappa shape index (κ2) is 9.10. The van der Waals surface area contributed by atoms with E-state index in [9.17, 15) is 4.79 Å². The number of amides is 1. The first-order valence-corrected chi connectivity index (χ1v) is 10.8. The molecule has 1 atom stereocenters.